The van der Waals surface area contributed by atoms with Gasteiger partial charge in [-0.3, -0.25) is 9.59 Å². The van der Waals surface area contributed by atoms with Crippen molar-refractivity contribution in [2.24, 2.45) is 5.73 Å². The maximum atomic E-state index is 12.3. The molecular formula is C40H78NO7P. The van der Waals surface area contributed by atoms with Gasteiger partial charge >= 0.3 is 11.9 Å². The van der Waals surface area contributed by atoms with Gasteiger partial charge in [0.05, 0.1) is 13.2 Å². The van der Waals surface area contributed by atoms with Crippen LogP contribution >= 0.6 is 9.03 Å². The van der Waals surface area contributed by atoms with Gasteiger partial charge in [-0.25, -0.2) is 0 Å². The van der Waals surface area contributed by atoms with Crippen molar-refractivity contribution in [3.8, 4) is 0 Å². The molecule has 0 aromatic rings. The molecule has 49 heavy (non-hydrogen) atoms. The van der Waals surface area contributed by atoms with Crippen LogP contribution in [0.15, 0.2) is 24.3 Å². The van der Waals surface area contributed by atoms with Crippen LogP contribution in [0.25, 0.3) is 0 Å². The first-order valence-electron chi connectivity index (χ1n) is 19.9. The fourth-order valence-electron chi connectivity index (χ4n) is 5.28. The Kier molecular flexibility index (Phi) is 45.4. The van der Waals surface area contributed by atoms with Crippen LogP contribution in [0, 0.1) is 0 Å². The van der Waals surface area contributed by atoms with E-state index < -0.39 is 15.1 Å². The van der Waals surface area contributed by atoms with Gasteiger partial charge in [0, 0.05) is 26.5 Å². The van der Waals surface area contributed by atoms with Crippen molar-refractivity contribution < 1.29 is 33.2 Å². The van der Waals surface area contributed by atoms with Gasteiger partial charge in [0.15, 0.2) is 15.1 Å². The number of rotatable bonds is 36. The van der Waals surface area contributed by atoms with Crippen LogP contribution in [0.4, 0.5) is 0 Å². The van der Waals surface area contributed by atoms with E-state index in [2.05, 4.69) is 42.7 Å². The Labute approximate surface area is 304 Å². The molecule has 0 aliphatic heterocycles. The van der Waals surface area contributed by atoms with Crippen LogP contribution in [0.5, 0.6) is 0 Å². The Hall–Kier alpha value is -1.31. The van der Waals surface area contributed by atoms with Gasteiger partial charge in [-0.1, -0.05) is 147 Å². The van der Waals surface area contributed by atoms with Crippen LogP contribution in [0.1, 0.15) is 181 Å². The van der Waals surface area contributed by atoms with Crippen LogP contribution in [0.2, 0.25) is 0 Å². The minimum Gasteiger partial charge on any atom is -0.462 e. The molecule has 0 aromatic carbocycles. The summed E-state index contributed by atoms with van der Waals surface area (Å²) in [6.45, 7) is 5.74. The second-order valence-electron chi connectivity index (χ2n) is 13.0. The lowest BCUT2D eigenvalue weighted by molar-refractivity contribution is -0.162. The van der Waals surface area contributed by atoms with Gasteiger partial charge in [0.1, 0.15) is 6.61 Å². The maximum Gasteiger partial charge on any atom is 0.306 e. The zero-order valence-corrected chi connectivity index (χ0v) is 33.1. The third-order valence-corrected chi connectivity index (χ3v) is 8.51. The average molecular weight is 716 g/mol. The monoisotopic (exact) mass is 716 g/mol. The van der Waals surface area contributed by atoms with E-state index in [0.717, 1.165) is 44.9 Å². The standard InChI is InChI=1S/C38H70O5.C2H8NO2P/c1-4-6-8-10-12-14-16-18-19-21-23-25-27-29-31-33-38(40)43-36(34-41-3)35-42-37(39)32-30-28-26-24-22-20-17-15-13-11-9-7-5-2;3-1-2-5-6-4/h12,14,18-19,36H,4-11,13,15-17,20-35H2,1-3H3;4,6H,1-3H2/b14-12+,19-18+;. The van der Waals surface area contributed by atoms with Crippen LogP contribution < -0.4 is 5.73 Å². The number of unbranched alkanes of at least 4 members (excludes halogenated alkanes) is 20. The van der Waals surface area contributed by atoms with Crippen molar-refractivity contribution >= 4 is 21.0 Å². The topological polar surface area (TPSA) is 117 Å². The predicted octanol–water partition coefficient (Wildman–Crippen LogP) is 10.8. The largest absolute Gasteiger partial charge is 0.462 e. The fourth-order valence-corrected chi connectivity index (χ4v) is 5.49. The minimum atomic E-state index is -0.536. The molecule has 9 heteroatoms. The number of ether oxygens (including phenoxy) is 3. The molecule has 0 aliphatic carbocycles. The zero-order valence-electron chi connectivity index (χ0n) is 32.1. The highest BCUT2D eigenvalue weighted by Crippen LogP contribution is 2.14. The first-order valence-corrected chi connectivity index (χ1v) is 20.8. The van der Waals surface area contributed by atoms with Crippen molar-refractivity contribution in [3.63, 3.8) is 0 Å². The number of hydrogen-bond donors (Lipinski definition) is 2. The molecule has 0 rings (SSSR count). The van der Waals surface area contributed by atoms with Gasteiger partial charge in [-0.05, 0) is 44.9 Å². The predicted molar refractivity (Wildman–Crippen MR) is 208 cm³/mol. The van der Waals surface area contributed by atoms with Crippen molar-refractivity contribution in [2.75, 3.05) is 33.5 Å². The molecule has 290 valence electrons. The lowest BCUT2D eigenvalue weighted by Gasteiger charge is -2.17. The molecule has 0 radical (unpaired) electrons. The second kappa shape index (κ2) is 44.7. The van der Waals surface area contributed by atoms with Crippen molar-refractivity contribution in [1.82, 2.24) is 0 Å². The molecule has 0 amide bonds. The number of nitrogens with two attached hydrogens (primary N) is 1. The van der Waals surface area contributed by atoms with Gasteiger partial charge in [0.2, 0.25) is 0 Å². The SMILES string of the molecule is CCCCC/C=C/C/C=C/CCCCCCCC(=O)OC(COC)COC(=O)CCCCCCCCCCCCCCC.NCCOPO. The number of methoxy groups -OCH3 is 1. The molecule has 0 heterocycles. The molecule has 0 aliphatic rings. The van der Waals surface area contributed by atoms with Crippen LogP contribution in [0.3, 0.4) is 0 Å². The van der Waals surface area contributed by atoms with Crippen LogP contribution in [-0.4, -0.2) is 56.4 Å². The molecule has 8 nitrogen and oxygen atoms in total. The molecule has 0 spiro atoms. The van der Waals surface area contributed by atoms with E-state index >= 15 is 0 Å². The molecule has 0 saturated heterocycles. The number of carbonyl (C=O) groups excluding carboxylic acids is 2. The summed E-state index contributed by atoms with van der Waals surface area (Å²) >= 11 is 0. The summed E-state index contributed by atoms with van der Waals surface area (Å²) in [6.07, 6.45) is 38.7. The van der Waals surface area contributed by atoms with E-state index in [4.69, 9.17) is 24.8 Å². The smallest absolute Gasteiger partial charge is 0.306 e. The lowest BCUT2D eigenvalue weighted by Crippen LogP contribution is -2.29. The van der Waals surface area contributed by atoms with E-state index in [9.17, 15) is 9.59 Å². The third kappa shape index (κ3) is 44.7. The van der Waals surface area contributed by atoms with Gasteiger partial charge in [0.25, 0.3) is 0 Å². The summed E-state index contributed by atoms with van der Waals surface area (Å²) < 4.78 is 20.5. The quantitative estimate of drug-likeness (QED) is 0.0285. The second-order valence-corrected chi connectivity index (χ2v) is 13.4. The molecule has 2 unspecified atom stereocenters. The number of carbonyl (C=O) groups is 2. The lowest BCUT2D eigenvalue weighted by atomic mass is 10.0. The van der Waals surface area contributed by atoms with Gasteiger partial charge in [-0.15, -0.1) is 0 Å². The van der Waals surface area contributed by atoms with E-state index in [0.29, 0.717) is 26.0 Å². The summed E-state index contributed by atoms with van der Waals surface area (Å²) in [4.78, 5) is 32.4. The van der Waals surface area contributed by atoms with E-state index in [1.165, 1.54) is 109 Å². The normalized spacial score (nSPS) is 12.2. The number of esters is 2. The molecule has 0 aromatic heterocycles. The summed E-state index contributed by atoms with van der Waals surface area (Å²) in [6, 6.07) is 0. The molecule has 0 bridgehead atoms. The minimum absolute atomic E-state index is 0.0685. The Morgan fingerprint density at radius 3 is 1.55 bits per heavy atom. The Morgan fingerprint density at radius 2 is 1.08 bits per heavy atom. The first kappa shape index (κ1) is 49.8. The third-order valence-electron chi connectivity index (χ3n) is 8.18. The summed E-state index contributed by atoms with van der Waals surface area (Å²) in [7, 11) is 1.15. The highest BCUT2D eigenvalue weighted by molar-refractivity contribution is 7.24. The van der Waals surface area contributed by atoms with Gasteiger partial charge < -0.3 is 29.4 Å². The highest BCUT2D eigenvalue weighted by atomic mass is 31.1. The first-order chi connectivity index (χ1) is 24.0. The zero-order chi connectivity index (χ0) is 36.3. The number of allylic oxidation sites excluding steroid dienone is 4. The summed E-state index contributed by atoms with van der Waals surface area (Å²) in [5.41, 5.74) is 4.98. The highest BCUT2D eigenvalue weighted by Gasteiger charge is 2.17. The molecule has 0 saturated carbocycles. The van der Waals surface area contributed by atoms with Crippen molar-refractivity contribution in [2.45, 2.75) is 187 Å². The molecule has 2 atom stereocenters. The summed E-state index contributed by atoms with van der Waals surface area (Å²) in [5.74, 6) is -0.450. The molecule has 0 fully saturated rings. The van der Waals surface area contributed by atoms with Gasteiger partial charge in [-0.2, -0.15) is 0 Å². The Bertz CT molecular complexity index is 731. The van der Waals surface area contributed by atoms with E-state index in [-0.39, 0.29) is 25.2 Å². The van der Waals surface area contributed by atoms with Crippen molar-refractivity contribution in [3.05, 3.63) is 24.3 Å². The van der Waals surface area contributed by atoms with Crippen LogP contribution in [-0.2, 0) is 28.3 Å². The summed E-state index contributed by atoms with van der Waals surface area (Å²) in [5, 5.41) is 0. The Balaban J connectivity index is 0. The number of hydrogen-bond acceptors (Lipinski definition) is 8. The molecular weight excluding hydrogens is 637 g/mol. The maximum absolute atomic E-state index is 12.3. The van der Waals surface area contributed by atoms with E-state index in [1.54, 1.807) is 7.11 Å². The fraction of sp³-hybridized carbons (Fsp3) is 0.850. The average Bonchev–Trinajstić information content (AvgIpc) is 3.10. The Morgan fingerprint density at radius 1 is 0.633 bits per heavy atom. The van der Waals surface area contributed by atoms with Crippen molar-refractivity contribution in [1.29, 1.82) is 0 Å². The van der Waals surface area contributed by atoms with E-state index in [1.807, 2.05) is 0 Å². The molecule has 3 N–H and O–H groups in total.